The van der Waals surface area contributed by atoms with Gasteiger partial charge in [-0.3, -0.25) is 9.59 Å². The van der Waals surface area contributed by atoms with Crippen molar-refractivity contribution in [1.82, 2.24) is 30.2 Å². The van der Waals surface area contributed by atoms with E-state index in [-0.39, 0.29) is 38.2 Å². The first kappa shape index (κ1) is 38.3. The second-order valence-electron chi connectivity index (χ2n) is 14.0. The number of carbonyl (C=O) groups is 3. The minimum Gasteiger partial charge on any atom is -0.495 e. The van der Waals surface area contributed by atoms with Crippen molar-refractivity contribution >= 4 is 61.7 Å². The summed E-state index contributed by atoms with van der Waals surface area (Å²) in [5, 5.41) is 9.15. The molecule has 3 heterocycles. The van der Waals surface area contributed by atoms with E-state index in [4.69, 9.17) is 37.5 Å². The molecular formula is C37H43ClN6O7S2. The van der Waals surface area contributed by atoms with Crippen LogP contribution in [0.15, 0.2) is 35.7 Å². The first-order chi connectivity index (χ1) is 25.2. The molecule has 2 fully saturated rings. The van der Waals surface area contributed by atoms with E-state index in [1.165, 1.54) is 23.3 Å². The molecular weight excluding hydrogens is 740 g/mol. The summed E-state index contributed by atoms with van der Waals surface area (Å²) in [6.07, 6.45) is 12.2. The lowest BCUT2D eigenvalue weighted by molar-refractivity contribution is -0.130. The quantitative estimate of drug-likeness (QED) is 0.186. The molecule has 0 bridgehead atoms. The number of rotatable bonds is 10. The summed E-state index contributed by atoms with van der Waals surface area (Å²) in [7, 11) is -1.04. The van der Waals surface area contributed by atoms with Gasteiger partial charge < -0.3 is 25.0 Å². The molecule has 2 aliphatic carbocycles. The molecule has 13 nitrogen and oxygen atoms in total. The SMILES string of the molecule is C#CC1(S(=O)(=O)NC(=O)[C@@]23C[C@H]2C=CCCCCN(C)C(=O)N[C@@H](CCOc2cc(-c4nc(C(C)C)cs4)nc4c(Cl)c(OC)ccc24)C(=O)N3)CC1. The number of halogens is 1. The van der Waals surface area contributed by atoms with Crippen LogP contribution in [-0.4, -0.2) is 84.8 Å². The first-order valence-electron chi connectivity index (χ1n) is 17.5. The third-order valence-corrected chi connectivity index (χ3v) is 13.2. The molecule has 2 aromatic heterocycles. The van der Waals surface area contributed by atoms with Gasteiger partial charge in [-0.25, -0.2) is 27.9 Å². The molecule has 4 amide bonds. The van der Waals surface area contributed by atoms with E-state index in [9.17, 15) is 22.8 Å². The Balaban J connectivity index is 1.27. The number of aromatic nitrogens is 2. The summed E-state index contributed by atoms with van der Waals surface area (Å²) in [4.78, 5) is 52.1. The lowest BCUT2D eigenvalue weighted by Crippen LogP contribution is -2.58. The molecule has 0 saturated heterocycles. The van der Waals surface area contributed by atoms with Gasteiger partial charge in [0.2, 0.25) is 5.91 Å². The molecule has 0 radical (unpaired) electrons. The van der Waals surface area contributed by atoms with E-state index < -0.39 is 50.1 Å². The second-order valence-corrected chi connectivity index (χ2v) is 17.3. The second kappa shape index (κ2) is 15.2. The normalized spacial score (nSPS) is 22.9. The topological polar surface area (TPSA) is 169 Å². The Morgan fingerprint density at radius 3 is 2.68 bits per heavy atom. The van der Waals surface area contributed by atoms with Crippen molar-refractivity contribution in [2.45, 2.75) is 81.0 Å². The van der Waals surface area contributed by atoms with Crippen LogP contribution < -0.4 is 24.8 Å². The molecule has 0 unspecified atom stereocenters. The third kappa shape index (κ3) is 7.81. The maximum atomic E-state index is 14.0. The summed E-state index contributed by atoms with van der Waals surface area (Å²) >= 11 is 8.17. The Labute approximate surface area is 318 Å². The number of sulfonamides is 1. The van der Waals surface area contributed by atoms with Crippen LogP contribution in [0.5, 0.6) is 11.5 Å². The number of amides is 4. The highest BCUT2D eigenvalue weighted by Gasteiger charge is 2.63. The fraction of sp³-hybridized carbons (Fsp3) is 0.486. The Hall–Kier alpha value is -4.39. The minimum atomic E-state index is -4.20. The molecule has 16 heteroatoms. The average Bonchev–Trinajstić information content (AvgIpc) is 4.02. The predicted octanol–water partition coefficient (Wildman–Crippen LogP) is 5.15. The van der Waals surface area contributed by atoms with E-state index >= 15 is 0 Å². The van der Waals surface area contributed by atoms with E-state index in [0.29, 0.717) is 51.1 Å². The summed E-state index contributed by atoms with van der Waals surface area (Å²) < 4.78 is 38.7. The zero-order valence-electron chi connectivity index (χ0n) is 30.0. The van der Waals surface area contributed by atoms with Gasteiger partial charge in [0, 0.05) is 42.8 Å². The Morgan fingerprint density at radius 1 is 1.23 bits per heavy atom. The summed E-state index contributed by atoms with van der Waals surface area (Å²) in [6.45, 7) is 4.54. The highest BCUT2D eigenvalue weighted by atomic mass is 35.5. The Bertz CT molecular complexity index is 2110. The molecule has 1 aromatic carbocycles. The number of urea groups is 1. The average molecular weight is 783 g/mol. The van der Waals surface area contributed by atoms with Crippen molar-refractivity contribution < 1.29 is 32.3 Å². The van der Waals surface area contributed by atoms with Crippen molar-refractivity contribution in [1.29, 1.82) is 0 Å². The number of carbonyl (C=O) groups excluding carboxylic acids is 3. The molecule has 2 saturated carbocycles. The van der Waals surface area contributed by atoms with Crippen LogP contribution in [0.25, 0.3) is 21.6 Å². The standard InChI is InChI=1S/C37H43ClN6O7S2/c1-6-36(15-16-36)53(48,49)43-34(46)37-20-23(37)11-9-7-8-10-17-44(4)35(47)41-25(32(45)42-37)14-18-51-29-19-26(33-40-27(21-52-33)22(2)3)39-31-24(29)12-13-28(50-5)30(31)38/h1,9,11-13,19,21-23,25H,7-8,10,14-18,20H2,2-5H3,(H,41,47)(H,42,45)(H,43,46)/t23-,25+,37-/m1/s1. The fourth-order valence-electron chi connectivity index (χ4n) is 6.26. The lowest BCUT2D eigenvalue weighted by atomic mass is 10.1. The number of benzene rings is 1. The van der Waals surface area contributed by atoms with E-state index in [2.05, 4.69) is 35.1 Å². The van der Waals surface area contributed by atoms with Gasteiger partial charge >= 0.3 is 6.03 Å². The number of hydrogen-bond donors (Lipinski definition) is 3. The van der Waals surface area contributed by atoms with Gasteiger partial charge in [0.15, 0.2) is 4.75 Å². The number of pyridine rings is 1. The fourth-order valence-corrected chi connectivity index (χ4v) is 8.90. The van der Waals surface area contributed by atoms with Gasteiger partial charge in [-0.15, -0.1) is 17.8 Å². The summed E-state index contributed by atoms with van der Waals surface area (Å²) in [6, 6.07) is 3.62. The number of thiazole rings is 1. The smallest absolute Gasteiger partial charge is 0.317 e. The number of nitrogens with zero attached hydrogens (tertiary/aromatic N) is 3. The van der Waals surface area contributed by atoms with Crippen LogP contribution in [0.4, 0.5) is 4.79 Å². The number of nitrogens with one attached hydrogen (secondary N) is 3. The van der Waals surface area contributed by atoms with Gasteiger partial charge in [0.05, 0.1) is 24.9 Å². The highest BCUT2D eigenvalue weighted by Crippen LogP contribution is 2.47. The van der Waals surface area contributed by atoms with Crippen LogP contribution in [-0.2, 0) is 19.6 Å². The number of fused-ring (bicyclic) bond motifs is 2. The molecule has 3 atom stereocenters. The van der Waals surface area contributed by atoms with Crippen molar-refractivity contribution in [3.8, 4) is 34.5 Å². The van der Waals surface area contributed by atoms with Gasteiger partial charge in [-0.2, -0.15) is 0 Å². The Morgan fingerprint density at radius 2 is 2.00 bits per heavy atom. The van der Waals surface area contributed by atoms with Crippen molar-refractivity contribution in [3.05, 3.63) is 46.4 Å². The molecule has 53 heavy (non-hydrogen) atoms. The first-order valence-corrected chi connectivity index (χ1v) is 20.3. The zero-order valence-corrected chi connectivity index (χ0v) is 32.4. The van der Waals surface area contributed by atoms with E-state index in [1.807, 2.05) is 17.5 Å². The minimum absolute atomic E-state index is 0.0000918. The summed E-state index contributed by atoms with van der Waals surface area (Å²) in [5.74, 6) is 1.41. The Kier molecular flexibility index (Phi) is 11.0. The monoisotopic (exact) mass is 782 g/mol. The molecule has 3 aliphatic rings. The van der Waals surface area contributed by atoms with Crippen LogP contribution in [0.1, 0.15) is 70.4 Å². The van der Waals surface area contributed by atoms with Crippen molar-refractivity contribution in [2.24, 2.45) is 5.92 Å². The van der Waals surface area contributed by atoms with Crippen molar-refractivity contribution in [2.75, 3.05) is 27.3 Å². The van der Waals surface area contributed by atoms with Gasteiger partial charge in [-0.1, -0.05) is 43.5 Å². The number of ether oxygens (including phenoxy) is 2. The van der Waals surface area contributed by atoms with Gasteiger partial charge in [-0.05, 0) is 56.6 Å². The highest BCUT2D eigenvalue weighted by molar-refractivity contribution is 7.92. The summed E-state index contributed by atoms with van der Waals surface area (Å²) in [5.41, 5.74) is 0.365. The van der Waals surface area contributed by atoms with Crippen LogP contribution in [0.2, 0.25) is 5.02 Å². The molecule has 6 rings (SSSR count). The largest absolute Gasteiger partial charge is 0.495 e. The number of allylic oxidation sites excluding steroid dienone is 1. The number of terminal acetylenes is 1. The van der Waals surface area contributed by atoms with E-state index in [1.54, 1.807) is 25.2 Å². The van der Waals surface area contributed by atoms with E-state index in [0.717, 1.165) is 18.5 Å². The third-order valence-electron chi connectivity index (χ3n) is 9.98. The molecule has 3 N–H and O–H groups in total. The van der Waals surface area contributed by atoms with Gasteiger partial charge in [0.25, 0.3) is 15.9 Å². The maximum absolute atomic E-state index is 14.0. The zero-order chi connectivity index (χ0) is 38.1. The molecule has 0 spiro atoms. The van der Waals surface area contributed by atoms with Crippen molar-refractivity contribution in [3.63, 3.8) is 0 Å². The van der Waals surface area contributed by atoms with Gasteiger partial charge in [0.1, 0.15) is 38.8 Å². The van der Waals surface area contributed by atoms with Crippen LogP contribution >= 0.6 is 22.9 Å². The van der Waals surface area contributed by atoms with Crippen LogP contribution in [0.3, 0.4) is 0 Å². The van der Waals surface area contributed by atoms with Crippen LogP contribution in [0, 0.1) is 18.3 Å². The molecule has 3 aromatic rings. The number of methoxy groups -OCH3 is 1. The number of hydrogen-bond acceptors (Lipinski definition) is 10. The molecule has 1 aliphatic heterocycles. The molecule has 282 valence electrons. The lowest BCUT2D eigenvalue weighted by Gasteiger charge is -2.26. The predicted molar refractivity (Wildman–Crippen MR) is 203 cm³/mol. The maximum Gasteiger partial charge on any atom is 0.317 e.